The van der Waals surface area contributed by atoms with Crippen LogP contribution in [-0.2, 0) is 6.42 Å². The number of hydrogen-bond acceptors (Lipinski definition) is 4. The lowest BCUT2D eigenvalue weighted by atomic mass is 10.1. The van der Waals surface area contributed by atoms with Gasteiger partial charge in [-0.3, -0.25) is 14.9 Å². The van der Waals surface area contributed by atoms with E-state index < -0.39 is 0 Å². The lowest BCUT2D eigenvalue weighted by Crippen LogP contribution is -2.35. The molecule has 0 aliphatic carbocycles. The average molecular weight is 346 g/mol. The largest absolute Gasteiger partial charge is 0.370 e. The summed E-state index contributed by atoms with van der Waals surface area (Å²) in [6.07, 6.45) is 2.64. The van der Waals surface area contributed by atoms with Gasteiger partial charge in [0.2, 0.25) is 0 Å². The highest BCUT2D eigenvalue weighted by Gasteiger charge is 2.17. The number of hydrogen-bond donors (Lipinski definition) is 2. The Morgan fingerprint density at radius 1 is 1.33 bits per heavy atom. The van der Waals surface area contributed by atoms with Crippen LogP contribution < -0.4 is 11.1 Å². The molecule has 0 aromatic carbocycles. The predicted octanol–water partition coefficient (Wildman–Crippen LogP) is 2.67. The molecule has 2 rings (SSSR count). The number of rotatable bonds is 9. The number of pyridine rings is 1. The summed E-state index contributed by atoms with van der Waals surface area (Å²) in [4.78, 5) is 11.3. The Morgan fingerprint density at radius 3 is 2.79 bits per heavy atom. The molecule has 6 heteroatoms. The first kappa shape index (κ1) is 18.4. The smallest absolute Gasteiger partial charge is 0.188 e. The van der Waals surface area contributed by atoms with E-state index in [1.54, 1.807) is 11.3 Å². The van der Waals surface area contributed by atoms with Crippen LogP contribution in [0.5, 0.6) is 0 Å². The number of likely N-dealkylation sites (N-methyl/N-ethyl adjacent to an activating group) is 1. The van der Waals surface area contributed by atoms with Gasteiger partial charge in [-0.05, 0) is 47.6 Å². The van der Waals surface area contributed by atoms with Crippen LogP contribution in [0.1, 0.15) is 31.1 Å². The number of nitrogens with two attached hydrogens (primary N) is 1. The monoisotopic (exact) mass is 345 g/mol. The molecule has 0 saturated carbocycles. The van der Waals surface area contributed by atoms with Gasteiger partial charge in [-0.25, -0.2) is 0 Å². The summed E-state index contributed by atoms with van der Waals surface area (Å²) in [5, 5.41) is 7.49. The Kier molecular flexibility index (Phi) is 7.71. The summed E-state index contributed by atoms with van der Waals surface area (Å²) in [5.41, 5.74) is 8.39. The summed E-state index contributed by atoms with van der Waals surface area (Å²) in [7, 11) is 0. The van der Waals surface area contributed by atoms with Crippen LogP contribution in [0.3, 0.4) is 0 Å². The quantitative estimate of drug-likeness (QED) is 0.542. The van der Waals surface area contributed by atoms with Crippen molar-refractivity contribution in [1.29, 1.82) is 0 Å². The molecule has 0 saturated heterocycles. The summed E-state index contributed by atoms with van der Waals surface area (Å²) < 4.78 is 0. The van der Waals surface area contributed by atoms with Crippen LogP contribution in [0.4, 0.5) is 0 Å². The zero-order valence-corrected chi connectivity index (χ0v) is 15.3. The number of aliphatic imine (C=N–C) groups is 1. The van der Waals surface area contributed by atoms with Gasteiger partial charge < -0.3 is 11.1 Å². The number of aromatic nitrogens is 1. The fourth-order valence-electron chi connectivity index (χ4n) is 2.67. The van der Waals surface area contributed by atoms with E-state index in [-0.39, 0.29) is 6.04 Å². The molecule has 0 aliphatic rings. The molecule has 1 atom stereocenters. The number of nitrogens with one attached hydrogen (secondary N) is 1. The molecule has 0 bridgehead atoms. The maximum atomic E-state index is 6.03. The summed E-state index contributed by atoms with van der Waals surface area (Å²) in [6.45, 7) is 7.77. The van der Waals surface area contributed by atoms with Crippen molar-refractivity contribution in [1.82, 2.24) is 15.2 Å². The number of nitrogens with zero attached hydrogens (tertiary/aromatic N) is 3. The molecular weight excluding hydrogens is 318 g/mol. The van der Waals surface area contributed by atoms with E-state index >= 15 is 0 Å². The lowest BCUT2D eigenvalue weighted by molar-refractivity contribution is 0.225. The van der Waals surface area contributed by atoms with Gasteiger partial charge in [0.25, 0.3) is 0 Å². The van der Waals surface area contributed by atoms with Crippen LogP contribution in [0.15, 0.2) is 46.2 Å². The number of guanidine groups is 1. The van der Waals surface area contributed by atoms with Crippen molar-refractivity contribution in [3.63, 3.8) is 0 Å². The van der Waals surface area contributed by atoms with Crippen molar-refractivity contribution in [3.8, 4) is 0 Å². The van der Waals surface area contributed by atoms with Crippen molar-refractivity contribution in [2.45, 2.75) is 26.3 Å². The van der Waals surface area contributed by atoms with Crippen molar-refractivity contribution < 1.29 is 0 Å². The predicted molar refractivity (Wildman–Crippen MR) is 102 cm³/mol. The fraction of sp³-hybridized carbons (Fsp3) is 0.444. The van der Waals surface area contributed by atoms with E-state index in [0.717, 1.165) is 31.7 Å². The van der Waals surface area contributed by atoms with Gasteiger partial charge in [0, 0.05) is 24.9 Å². The van der Waals surface area contributed by atoms with Gasteiger partial charge in [0.15, 0.2) is 5.96 Å². The van der Waals surface area contributed by atoms with Crippen LogP contribution in [0, 0.1) is 0 Å². The average Bonchev–Trinajstić information content (AvgIpc) is 3.14. The topological polar surface area (TPSA) is 66.5 Å². The van der Waals surface area contributed by atoms with Crippen LogP contribution >= 0.6 is 11.3 Å². The summed E-state index contributed by atoms with van der Waals surface area (Å²) in [5.74, 6) is 0.498. The minimum absolute atomic E-state index is 0.280. The molecule has 0 spiro atoms. The van der Waals surface area contributed by atoms with E-state index in [9.17, 15) is 0 Å². The molecule has 0 aliphatic heterocycles. The van der Waals surface area contributed by atoms with Crippen molar-refractivity contribution in [2.75, 3.05) is 26.2 Å². The van der Waals surface area contributed by atoms with Crippen LogP contribution in [0.2, 0.25) is 0 Å². The molecule has 0 fully saturated rings. The lowest BCUT2D eigenvalue weighted by Gasteiger charge is -2.28. The highest BCUT2D eigenvalue weighted by Crippen LogP contribution is 2.23. The Balaban J connectivity index is 1.88. The standard InChI is InChI=1S/C18H27N5S/c1-3-23(4-2)17(15-9-12-24-14-15)13-22-18(19)21-11-8-16-7-5-6-10-20-16/h5-7,9-10,12,14,17H,3-4,8,11,13H2,1-2H3,(H3,19,21,22). The number of thiophene rings is 1. The first-order valence-corrected chi connectivity index (χ1v) is 9.38. The molecule has 24 heavy (non-hydrogen) atoms. The van der Waals surface area contributed by atoms with Gasteiger partial charge in [-0.2, -0.15) is 11.3 Å². The molecule has 0 amide bonds. The maximum Gasteiger partial charge on any atom is 0.188 e. The SMILES string of the molecule is CCN(CC)C(CN=C(N)NCCc1ccccn1)c1ccsc1. The van der Waals surface area contributed by atoms with Gasteiger partial charge in [-0.15, -0.1) is 0 Å². The zero-order valence-electron chi connectivity index (χ0n) is 14.5. The van der Waals surface area contributed by atoms with Crippen molar-refractivity contribution >= 4 is 17.3 Å². The van der Waals surface area contributed by atoms with Crippen molar-refractivity contribution in [2.24, 2.45) is 10.7 Å². The first-order valence-electron chi connectivity index (χ1n) is 8.44. The third-order valence-electron chi connectivity index (χ3n) is 4.03. The normalized spacial score (nSPS) is 13.2. The summed E-state index contributed by atoms with van der Waals surface area (Å²) in [6, 6.07) is 8.39. The maximum absolute atomic E-state index is 6.03. The molecular formula is C18H27N5S. The minimum Gasteiger partial charge on any atom is -0.370 e. The second-order valence-corrected chi connectivity index (χ2v) is 6.30. The van der Waals surface area contributed by atoms with Crippen molar-refractivity contribution in [3.05, 3.63) is 52.5 Å². The second kappa shape index (κ2) is 10.1. The first-order chi connectivity index (χ1) is 11.7. The Hall–Kier alpha value is -1.92. The van der Waals surface area contributed by atoms with Gasteiger partial charge in [0.05, 0.1) is 12.6 Å². The molecule has 130 valence electrons. The van der Waals surface area contributed by atoms with Crippen LogP contribution in [-0.4, -0.2) is 42.0 Å². The zero-order chi connectivity index (χ0) is 17.2. The highest BCUT2D eigenvalue weighted by molar-refractivity contribution is 7.07. The van der Waals surface area contributed by atoms with E-state index in [0.29, 0.717) is 12.5 Å². The van der Waals surface area contributed by atoms with E-state index in [4.69, 9.17) is 5.73 Å². The van der Waals surface area contributed by atoms with Crippen LogP contribution in [0.25, 0.3) is 0 Å². The Bertz CT molecular complexity index is 593. The second-order valence-electron chi connectivity index (χ2n) is 5.52. The van der Waals surface area contributed by atoms with Gasteiger partial charge in [0.1, 0.15) is 0 Å². The van der Waals surface area contributed by atoms with E-state index in [2.05, 4.69) is 50.9 Å². The minimum atomic E-state index is 0.280. The Morgan fingerprint density at radius 2 is 2.17 bits per heavy atom. The molecule has 2 heterocycles. The van der Waals surface area contributed by atoms with E-state index in [1.165, 1.54) is 5.56 Å². The third kappa shape index (κ3) is 5.62. The molecule has 3 N–H and O–H groups in total. The van der Waals surface area contributed by atoms with Gasteiger partial charge >= 0.3 is 0 Å². The van der Waals surface area contributed by atoms with Gasteiger partial charge in [-0.1, -0.05) is 19.9 Å². The Labute approximate surface area is 148 Å². The molecule has 2 aromatic rings. The molecule has 1 unspecified atom stereocenters. The highest BCUT2D eigenvalue weighted by atomic mass is 32.1. The fourth-order valence-corrected chi connectivity index (χ4v) is 3.37. The molecule has 2 aromatic heterocycles. The van der Waals surface area contributed by atoms with E-state index in [1.807, 2.05) is 24.4 Å². The summed E-state index contributed by atoms with van der Waals surface area (Å²) >= 11 is 1.72. The third-order valence-corrected chi connectivity index (χ3v) is 4.73. The molecule has 5 nitrogen and oxygen atoms in total. The molecule has 0 radical (unpaired) electrons.